The van der Waals surface area contributed by atoms with E-state index in [0.29, 0.717) is 18.0 Å². The number of amides is 1. The second-order valence-electron chi connectivity index (χ2n) is 6.40. The summed E-state index contributed by atoms with van der Waals surface area (Å²) in [4.78, 5) is 21.1. The van der Waals surface area contributed by atoms with Crippen molar-refractivity contribution in [3.63, 3.8) is 0 Å². The molecule has 25 heavy (non-hydrogen) atoms. The van der Waals surface area contributed by atoms with Gasteiger partial charge in [-0.1, -0.05) is 18.2 Å². The van der Waals surface area contributed by atoms with E-state index in [0.717, 1.165) is 32.7 Å². The van der Waals surface area contributed by atoms with Gasteiger partial charge in [0.1, 0.15) is 0 Å². The largest absolute Gasteiger partial charge is 0.477 e. The van der Waals surface area contributed by atoms with Crippen molar-refractivity contribution >= 4 is 17.4 Å². The first-order valence-corrected chi connectivity index (χ1v) is 8.74. The van der Waals surface area contributed by atoms with Gasteiger partial charge in [-0.05, 0) is 24.3 Å². The number of ether oxygens (including phenoxy) is 1. The van der Waals surface area contributed by atoms with Crippen molar-refractivity contribution in [2.75, 3.05) is 42.9 Å². The second kappa shape index (κ2) is 7.11. The van der Waals surface area contributed by atoms with E-state index in [-0.39, 0.29) is 5.91 Å². The van der Waals surface area contributed by atoms with Crippen LogP contribution in [0.15, 0.2) is 48.7 Å². The first-order valence-electron chi connectivity index (χ1n) is 8.74. The monoisotopic (exact) mass is 338 g/mol. The van der Waals surface area contributed by atoms with E-state index in [2.05, 4.69) is 44.4 Å². The Morgan fingerprint density at radius 1 is 1.08 bits per heavy atom. The molecular formula is C19H22N4O2. The zero-order valence-corrected chi connectivity index (χ0v) is 14.1. The van der Waals surface area contributed by atoms with E-state index in [1.165, 1.54) is 5.69 Å². The fourth-order valence-corrected chi connectivity index (χ4v) is 3.34. The summed E-state index contributed by atoms with van der Waals surface area (Å²) in [7, 11) is 0. The quantitative estimate of drug-likeness (QED) is 0.924. The van der Waals surface area contributed by atoms with E-state index in [9.17, 15) is 4.79 Å². The third-order valence-corrected chi connectivity index (χ3v) is 4.78. The maximum Gasteiger partial charge on any atom is 0.266 e. The summed E-state index contributed by atoms with van der Waals surface area (Å²) in [5.74, 6) is 1.07. The first-order chi connectivity index (χ1) is 12.3. The van der Waals surface area contributed by atoms with Crippen LogP contribution in [0.4, 0.5) is 11.5 Å². The molecule has 1 amide bonds. The number of para-hydroxylation sites is 1. The predicted molar refractivity (Wildman–Crippen MR) is 97.0 cm³/mol. The van der Waals surface area contributed by atoms with Gasteiger partial charge in [0.05, 0.1) is 0 Å². The molecule has 0 spiro atoms. The lowest BCUT2D eigenvalue weighted by Gasteiger charge is -2.36. The number of fused-ring (bicyclic) bond motifs is 1. The number of benzene rings is 1. The maximum absolute atomic E-state index is 12.2. The smallest absolute Gasteiger partial charge is 0.266 e. The highest BCUT2D eigenvalue weighted by Crippen LogP contribution is 2.27. The number of rotatable bonds is 4. The van der Waals surface area contributed by atoms with Crippen LogP contribution in [0.25, 0.3) is 0 Å². The average molecular weight is 338 g/mol. The topological polar surface area (TPSA) is 57.7 Å². The zero-order valence-electron chi connectivity index (χ0n) is 14.1. The molecule has 6 heteroatoms. The molecule has 1 aromatic carbocycles. The van der Waals surface area contributed by atoms with E-state index in [1.807, 2.05) is 18.2 Å². The van der Waals surface area contributed by atoms with Crippen LogP contribution in [-0.2, 0) is 4.79 Å². The van der Waals surface area contributed by atoms with Gasteiger partial charge in [0.15, 0.2) is 17.7 Å². The third kappa shape index (κ3) is 3.58. The summed E-state index contributed by atoms with van der Waals surface area (Å²) in [6.07, 6.45) is 1.89. The number of carbonyl (C=O) groups excluding carboxylic acids is 1. The zero-order chi connectivity index (χ0) is 17.1. The molecule has 0 unspecified atom stereocenters. The molecule has 2 aliphatic heterocycles. The SMILES string of the molecule is O=C1Nc2ncccc2O[C@@H]1CCN1CCN(c2ccccc2)CC1. The number of nitrogens with zero attached hydrogens (tertiary/aromatic N) is 3. The van der Waals surface area contributed by atoms with E-state index < -0.39 is 6.10 Å². The molecule has 0 aliphatic carbocycles. The van der Waals surface area contributed by atoms with E-state index in [4.69, 9.17) is 4.74 Å². The first kappa shape index (κ1) is 15.9. The van der Waals surface area contributed by atoms with Crippen molar-refractivity contribution in [3.8, 4) is 5.75 Å². The molecular weight excluding hydrogens is 316 g/mol. The van der Waals surface area contributed by atoms with Crippen LogP contribution in [-0.4, -0.2) is 54.6 Å². The number of pyridine rings is 1. The Bertz CT molecular complexity index is 729. The highest BCUT2D eigenvalue weighted by atomic mass is 16.5. The van der Waals surface area contributed by atoms with Gasteiger partial charge >= 0.3 is 0 Å². The van der Waals surface area contributed by atoms with Crippen molar-refractivity contribution in [2.45, 2.75) is 12.5 Å². The summed E-state index contributed by atoms with van der Waals surface area (Å²) < 4.78 is 5.81. The van der Waals surface area contributed by atoms with Crippen LogP contribution >= 0.6 is 0 Å². The lowest BCUT2D eigenvalue weighted by molar-refractivity contribution is -0.124. The van der Waals surface area contributed by atoms with Gasteiger partial charge in [0.2, 0.25) is 0 Å². The number of piperazine rings is 1. The Kier molecular flexibility index (Phi) is 4.52. The number of hydrogen-bond donors (Lipinski definition) is 1. The van der Waals surface area contributed by atoms with Gasteiger partial charge in [-0.25, -0.2) is 4.98 Å². The lowest BCUT2D eigenvalue weighted by Crippen LogP contribution is -2.48. The van der Waals surface area contributed by atoms with Crippen LogP contribution in [0.2, 0.25) is 0 Å². The maximum atomic E-state index is 12.2. The Morgan fingerprint density at radius 3 is 2.68 bits per heavy atom. The highest BCUT2D eigenvalue weighted by Gasteiger charge is 2.29. The second-order valence-corrected chi connectivity index (χ2v) is 6.40. The summed E-state index contributed by atoms with van der Waals surface area (Å²) in [6.45, 7) is 4.88. The molecule has 1 N–H and O–H groups in total. The van der Waals surface area contributed by atoms with E-state index in [1.54, 1.807) is 6.20 Å². The van der Waals surface area contributed by atoms with Crippen LogP contribution in [0.5, 0.6) is 5.75 Å². The van der Waals surface area contributed by atoms with Crippen LogP contribution in [0.1, 0.15) is 6.42 Å². The molecule has 4 rings (SSSR count). The minimum absolute atomic E-state index is 0.103. The predicted octanol–water partition coefficient (Wildman–Crippen LogP) is 1.99. The summed E-state index contributed by atoms with van der Waals surface area (Å²) in [6, 6.07) is 14.2. The number of aromatic nitrogens is 1. The van der Waals surface area contributed by atoms with Gasteiger partial charge in [-0.15, -0.1) is 0 Å². The number of carbonyl (C=O) groups is 1. The van der Waals surface area contributed by atoms with Gasteiger partial charge in [-0.3, -0.25) is 9.69 Å². The molecule has 0 saturated carbocycles. The van der Waals surface area contributed by atoms with Crippen molar-refractivity contribution < 1.29 is 9.53 Å². The molecule has 1 saturated heterocycles. The molecule has 1 atom stereocenters. The van der Waals surface area contributed by atoms with Gasteiger partial charge < -0.3 is 15.0 Å². The summed E-state index contributed by atoms with van der Waals surface area (Å²) in [5, 5.41) is 2.82. The fourth-order valence-electron chi connectivity index (χ4n) is 3.34. The Hall–Kier alpha value is -2.60. The molecule has 3 heterocycles. The highest BCUT2D eigenvalue weighted by molar-refractivity contribution is 5.96. The van der Waals surface area contributed by atoms with Crippen LogP contribution < -0.4 is 15.0 Å². The normalized spacial score (nSPS) is 20.6. The Morgan fingerprint density at radius 2 is 1.88 bits per heavy atom. The lowest BCUT2D eigenvalue weighted by atomic mass is 10.1. The van der Waals surface area contributed by atoms with Crippen LogP contribution in [0, 0.1) is 0 Å². The van der Waals surface area contributed by atoms with Crippen molar-refractivity contribution in [3.05, 3.63) is 48.7 Å². The van der Waals surface area contributed by atoms with Gasteiger partial charge in [0, 0.05) is 51.0 Å². The minimum atomic E-state index is -0.441. The molecule has 2 aliphatic rings. The standard InChI is InChI=1S/C19H22N4O2/c24-19-17(25-16-7-4-9-20-18(16)21-19)8-10-22-11-13-23(14-12-22)15-5-2-1-3-6-15/h1-7,9,17H,8,10-14H2,(H,20,21,24)/t17-/m1/s1. The third-order valence-electron chi connectivity index (χ3n) is 4.78. The van der Waals surface area contributed by atoms with Gasteiger partial charge in [0.25, 0.3) is 5.91 Å². The number of nitrogens with one attached hydrogen (secondary N) is 1. The minimum Gasteiger partial charge on any atom is -0.477 e. The fraction of sp³-hybridized carbons (Fsp3) is 0.368. The van der Waals surface area contributed by atoms with Crippen molar-refractivity contribution in [1.29, 1.82) is 0 Å². The molecule has 1 fully saturated rings. The summed E-state index contributed by atoms with van der Waals surface area (Å²) >= 11 is 0. The van der Waals surface area contributed by atoms with E-state index >= 15 is 0 Å². The number of anilines is 2. The van der Waals surface area contributed by atoms with Crippen LogP contribution in [0.3, 0.4) is 0 Å². The molecule has 1 aromatic heterocycles. The van der Waals surface area contributed by atoms with Gasteiger partial charge in [-0.2, -0.15) is 0 Å². The van der Waals surface area contributed by atoms with Crippen molar-refractivity contribution in [1.82, 2.24) is 9.88 Å². The molecule has 0 bridgehead atoms. The molecule has 6 nitrogen and oxygen atoms in total. The molecule has 2 aromatic rings. The Labute approximate surface area is 147 Å². The van der Waals surface area contributed by atoms with Crippen molar-refractivity contribution in [2.24, 2.45) is 0 Å². The summed E-state index contributed by atoms with van der Waals surface area (Å²) in [5.41, 5.74) is 1.28. The average Bonchev–Trinajstić information content (AvgIpc) is 2.67. The molecule has 130 valence electrons. The molecule has 0 radical (unpaired) electrons. The Balaban J connectivity index is 1.28. The number of hydrogen-bond acceptors (Lipinski definition) is 5.